The summed E-state index contributed by atoms with van der Waals surface area (Å²) in [6.07, 6.45) is 0. The number of rotatable bonds is 0. The maximum Gasteiger partial charge on any atom is -0.0155 e. The minimum absolute atomic E-state index is 1.33. The molecule has 0 heteroatoms. The summed E-state index contributed by atoms with van der Waals surface area (Å²) in [5, 5.41) is 2.68. The average Bonchev–Trinajstić information content (AvgIpc) is 2.53. The molecule has 0 saturated carbocycles. The number of hydrogen-bond acceptors (Lipinski definition) is 0. The van der Waals surface area contributed by atoms with Crippen molar-refractivity contribution in [2.75, 3.05) is 0 Å². The molecule has 0 aliphatic heterocycles. The van der Waals surface area contributed by atoms with E-state index in [1.807, 2.05) is 13.8 Å². The third-order valence-electron chi connectivity index (χ3n) is 3.43. The molecule has 0 bridgehead atoms. The van der Waals surface area contributed by atoms with E-state index in [1.54, 1.807) is 0 Å². The summed E-state index contributed by atoms with van der Waals surface area (Å²) in [4.78, 5) is 0. The van der Waals surface area contributed by atoms with E-state index in [-0.39, 0.29) is 0 Å². The third kappa shape index (κ3) is 5.07. The molecule has 21 heavy (non-hydrogen) atoms. The topological polar surface area (TPSA) is 0 Å². The van der Waals surface area contributed by atoms with Crippen molar-refractivity contribution in [3.63, 3.8) is 0 Å². The lowest BCUT2D eigenvalue weighted by molar-refractivity contribution is 1.34. The van der Waals surface area contributed by atoms with Crippen LogP contribution >= 0.6 is 0 Å². The molecule has 3 rings (SSSR count). The van der Waals surface area contributed by atoms with Gasteiger partial charge in [0.1, 0.15) is 0 Å². The summed E-state index contributed by atoms with van der Waals surface area (Å²) in [5.74, 6) is 0. The standard InChI is InChI=1S/C11H10.C8H10.C2H6/c1-9-5-4-7-10-6-2-3-8-11(9)10;1-7-5-3-4-6-8(7)2;1-2/h2-8H,1H3;3-6H,1-2H3;1-2H3. The van der Waals surface area contributed by atoms with Gasteiger partial charge < -0.3 is 0 Å². The molecule has 0 saturated heterocycles. The molecule has 0 heterocycles. The van der Waals surface area contributed by atoms with Crippen molar-refractivity contribution in [2.24, 2.45) is 0 Å². The Labute approximate surface area is 129 Å². The molecule has 0 atom stereocenters. The second-order valence-corrected chi connectivity index (χ2v) is 4.88. The van der Waals surface area contributed by atoms with Crippen molar-refractivity contribution in [1.82, 2.24) is 0 Å². The Morgan fingerprint density at radius 1 is 0.476 bits per heavy atom. The molecule has 0 N–H and O–H groups in total. The van der Waals surface area contributed by atoms with Gasteiger partial charge in [-0.3, -0.25) is 0 Å². The predicted molar refractivity (Wildman–Crippen MR) is 95.9 cm³/mol. The zero-order chi connectivity index (χ0) is 15.7. The molecule has 0 aliphatic carbocycles. The van der Waals surface area contributed by atoms with E-state index in [9.17, 15) is 0 Å². The Morgan fingerprint density at radius 3 is 1.43 bits per heavy atom. The second kappa shape index (κ2) is 8.97. The summed E-state index contributed by atoms with van der Waals surface area (Å²) in [7, 11) is 0. The van der Waals surface area contributed by atoms with E-state index in [4.69, 9.17) is 0 Å². The van der Waals surface area contributed by atoms with Crippen LogP contribution in [0.2, 0.25) is 0 Å². The maximum atomic E-state index is 2.16. The second-order valence-electron chi connectivity index (χ2n) is 4.88. The SMILES string of the molecule is CC.Cc1cccc2ccccc12.Cc1ccccc1C. The van der Waals surface area contributed by atoms with Gasteiger partial charge in [-0.25, -0.2) is 0 Å². The van der Waals surface area contributed by atoms with Crippen LogP contribution in [0.4, 0.5) is 0 Å². The van der Waals surface area contributed by atoms with E-state index >= 15 is 0 Å². The molecule has 0 spiro atoms. The largest absolute Gasteiger partial charge is 0.0683 e. The zero-order valence-electron chi connectivity index (χ0n) is 13.9. The highest BCUT2D eigenvalue weighted by Crippen LogP contribution is 2.16. The van der Waals surface area contributed by atoms with Gasteiger partial charge in [-0.15, -0.1) is 0 Å². The molecule has 0 amide bonds. The molecule has 3 aromatic carbocycles. The zero-order valence-corrected chi connectivity index (χ0v) is 13.9. The highest BCUT2D eigenvalue weighted by Gasteiger charge is 1.92. The van der Waals surface area contributed by atoms with E-state index in [0.29, 0.717) is 0 Å². The molecule has 0 aliphatic rings. The van der Waals surface area contributed by atoms with E-state index in [2.05, 4.69) is 87.5 Å². The van der Waals surface area contributed by atoms with E-state index < -0.39 is 0 Å². The van der Waals surface area contributed by atoms with Crippen LogP contribution in [0, 0.1) is 20.8 Å². The van der Waals surface area contributed by atoms with Crippen molar-refractivity contribution >= 4 is 10.8 Å². The van der Waals surface area contributed by atoms with Crippen molar-refractivity contribution in [3.8, 4) is 0 Å². The van der Waals surface area contributed by atoms with Gasteiger partial charge >= 0.3 is 0 Å². The van der Waals surface area contributed by atoms with E-state index in [1.165, 1.54) is 27.5 Å². The first-order chi connectivity index (χ1) is 10.2. The normalized spacial score (nSPS) is 9.19. The van der Waals surface area contributed by atoms with Crippen LogP contribution in [0.3, 0.4) is 0 Å². The molecule has 3 aromatic rings. The molecule has 110 valence electrons. The van der Waals surface area contributed by atoms with Gasteiger partial charge in [0.05, 0.1) is 0 Å². The van der Waals surface area contributed by atoms with Crippen molar-refractivity contribution in [1.29, 1.82) is 0 Å². The fourth-order valence-corrected chi connectivity index (χ4v) is 2.05. The number of hydrogen-bond donors (Lipinski definition) is 0. The van der Waals surface area contributed by atoms with Crippen LogP contribution in [0.1, 0.15) is 30.5 Å². The van der Waals surface area contributed by atoms with Gasteiger partial charge in [0.25, 0.3) is 0 Å². The first kappa shape index (κ1) is 17.0. The Balaban J connectivity index is 0.000000196. The molecule has 0 aromatic heterocycles. The maximum absolute atomic E-state index is 2.16. The summed E-state index contributed by atoms with van der Waals surface area (Å²) in [6, 6.07) is 23.2. The van der Waals surface area contributed by atoms with Gasteiger partial charge in [0.15, 0.2) is 0 Å². The van der Waals surface area contributed by atoms with Gasteiger partial charge in [-0.05, 0) is 48.2 Å². The van der Waals surface area contributed by atoms with Gasteiger partial charge in [0.2, 0.25) is 0 Å². The fourth-order valence-electron chi connectivity index (χ4n) is 2.05. The highest BCUT2D eigenvalue weighted by atomic mass is 14.0. The smallest absolute Gasteiger partial charge is 0.0155 e. The highest BCUT2D eigenvalue weighted by molar-refractivity contribution is 5.85. The van der Waals surface area contributed by atoms with Crippen LogP contribution < -0.4 is 0 Å². The summed E-state index contributed by atoms with van der Waals surface area (Å²) >= 11 is 0. The summed E-state index contributed by atoms with van der Waals surface area (Å²) in [5.41, 5.74) is 4.09. The Hall–Kier alpha value is -2.08. The number of aryl methyl sites for hydroxylation is 3. The van der Waals surface area contributed by atoms with Crippen LogP contribution in [0.5, 0.6) is 0 Å². The molecular weight excluding hydrogens is 252 g/mol. The lowest BCUT2D eigenvalue weighted by atomic mass is 10.1. The first-order valence-corrected chi connectivity index (χ1v) is 7.65. The van der Waals surface area contributed by atoms with Crippen molar-refractivity contribution in [2.45, 2.75) is 34.6 Å². The van der Waals surface area contributed by atoms with Crippen LogP contribution in [-0.4, -0.2) is 0 Å². The predicted octanol–water partition coefficient (Wildman–Crippen LogP) is 6.48. The van der Waals surface area contributed by atoms with Crippen molar-refractivity contribution < 1.29 is 0 Å². The Morgan fingerprint density at radius 2 is 0.905 bits per heavy atom. The molecule has 0 radical (unpaired) electrons. The lowest BCUT2D eigenvalue weighted by Crippen LogP contribution is -1.75. The Kier molecular flexibility index (Phi) is 7.25. The van der Waals surface area contributed by atoms with Gasteiger partial charge in [-0.2, -0.15) is 0 Å². The van der Waals surface area contributed by atoms with Crippen LogP contribution in [0.15, 0.2) is 66.7 Å². The van der Waals surface area contributed by atoms with E-state index in [0.717, 1.165) is 0 Å². The molecule has 0 nitrogen and oxygen atoms in total. The Bertz CT molecular complexity index is 639. The monoisotopic (exact) mass is 278 g/mol. The lowest BCUT2D eigenvalue weighted by Gasteiger charge is -1.98. The average molecular weight is 278 g/mol. The summed E-state index contributed by atoms with van der Waals surface area (Å²) < 4.78 is 0. The minimum atomic E-state index is 1.33. The van der Waals surface area contributed by atoms with Gasteiger partial charge in [0, 0.05) is 0 Å². The number of benzene rings is 3. The molecular formula is C21H26. The van der Waals surface area contributed by atoms with Crippen molar-refractivity contribution in [3.05, 3.63) is 83.4 Å². The summed E-state index contributed by atoms with van der Waals surface area (Å²) in [6.45, 7) is 10.4. The number of fused-ring (bicyclic) bond motifs is 1. The first-order valence-electron chi connectivity index (χ1n) is 7.65. The molecule has 0 unspecified atom stereocenters. The minimum Gasteiger partial charge on any atom is -0.0683 e. The quantitative estimate of drug-likeness (QED) is 0.441. The third-order valence-corrected chi connectivity index (χ3v) is 3.43. The van der Waals surface area contributed by atoms with Crippen LogP contribution in [-0.2, 0) is 0 Å². The van der Waals surface area contributed by atoms with Crippen LogP contribution in [0.25, 0.3) is 10.8 Å². The van der Waals surface area contributed by atoms with Gasteiger partial charge in [-0.1, -0.05) is 80.6 Å². The molecule has 0 fully saturated rings. The fraction of sp³-hybridized carbons (Fsp3) is 0.238.